The van der Waals surface area contributed by atoms with Gasteiger partial charge in [-0.25, -0.2) is 0 Å². The first-order valence-electron chi connectivity index (χ1n) is 7.60. The number of rotatable bonds is 3. The molecule has 0 saturated carbocycles. The van der Waals surface area contributed by atoms with Crippen LogP contribution in [0.25, 0.3) is 0 Å². The van der Waals surface area contributed by atoms with Crippen molar-refractivity contribution < 1.29 is 14.0 Å². The van der Waals surface area contributed by atoms with Gasteiger partial charge in [-0.15, -0.1) is 0 Å². The highest BCUT2D eigenvalue weighted by Crippen LogP contribution is 2.19. The van der Waals surface area contributed by atoms with Crippen LogP contribution >= 0.6 is 0 Å². The third-order valence-electron chi connectivity index (χ3n) is 3.88. The van der Waals surface area contributed by atoms with Gasteiger partial charge in [0.05, 0.1) is 6.26 Å². The maximum atomic E-state index is 12.5. The highest BCUT2D eigenvalue weighted by atomic mass is 16.3. The smallest absolute Gasteiger partial charge is 0.291 e. The van der Waals surface area contributed by atoms with Crippen LogP contribution in [0.5, 0.6) is 0 Å². The summed E-state index contributed by atoms with van der Waals surface area (Å²) >= 11 is 0. The summed E-state index contributed by atoms with van der Waals surface area (Å²) in [6.07, 6.45) is 1.45. The molecule has 2 aromatic rings. The van der Waals surface area contributed by atoms with Gasteiger partial charge in [0, 0.05) is 37.4 Å². The van der Waals surface area contributed by atoms with E-state index in [1.165, 1.54) is 6.26 Å². The predicted molar refractivity (Wildman–Crippen MR) is 86.6 cm³/mol. The SMILES string of the molecule is Cc1ccc(C(=O)N2CCNCC2)cc1NC(=O)c1ccco1. The molecule has 23 heavy (non-hydrogen) atoms. The minimum absolute atomic E-state index is 0.0139. The lowest BCUT2D eigenvalue weighted by Crippen LogP contribution is -2.46. The van der Waals surface area contributed by atoms with Gasteiger partial charge >= 0.3 is 0 Å². The average molecular weight is 313 g/mol. The fourth-order valence-corrected chi connectivity index (χ4v) is 2.53. The molecule has 1 saturated heterocycles. The Morgan fingerprint density at radius 3 is 2.70 bits per heavy atom. The van der Waals surface area contributed by atoms with Gasteiger partial charge in [0.15, 0.2) is 5.76 Å². The van der Waals surface area contributed by atoms with Gasteiger partial charge in [-0.3, -0.25) is 9.59 Å². The lowest BCUT2D eigenvalue weighted by atomic mass is 10.1. The summed E-state index contributed by atoms with van der Waals surface area (Å²) in [4.78, 5) is 26.5. The first-order chi connectivity index (χ1) is 11.1. The number of nitrogens with zero attached hydrogens (tertiary/aromatic N) is 1. The van der Waals surface area contributed by atoms with Gasteiger partial charge in [-0.2, -0.15) is 0 Å². The molecule has 0 spiro atoms. The minimum atomic E-state index is -0.329. The number of hydrogen-bond acceptors (Lipinski definition) is 4. The van der Waals surface area contributed by atoms with Crippen LogP contribution in [0.4, 0.5) is 5.69 Å². The molecule has 6 nitrogen and oxygen atoms in total. The van der Waals surface area contributed by atoms with E-state index in [4.69, 9.17) is 4.42 Å². The zero-order valence-electron chi connectivity index (χ0n) is 13.0. The molecular formula is C17H19N3O3. The summed E-state index contributed by atoms with van der Waals surface area (Å²) in [5.41, 5.74) is 2.08. The fraction of sp³-hybridized carbons (Fsp3) is 0.294. The van der Waals surface area contributed by atoms with Gasteiger partial charge in [0.1, 0.15) is 0 Å². The average Bonchev–Trinajstić information content (AvgIpc) is 3.11. The van der Waals surface area contributed by atoms with Crippen molar-refractivity contribution in [2.75, 3.05) is 31.5 Å². The number of anilines is 1. The van der Waals surface area contributed by atoms with Gasteiger partial charge in [-0.05, 0) is 36.8 Å². The number of aryl methyl sites for hydroxylation is 1. The Kier molecular flexibility index (Phi) is 4.43. The summed E-state index contributed by atoms with van der Waals surface area (Å²) < 4.78 is 5.09. The quantitative estimate of drug-likeness (QED) is 0.907. The molecule has 0 radical (unpaired) electrons. The number of hydrogen-bond donors (Lipinski definition) is 2. The number of benzene rings is 1. The lowest BCUT2D eigenvalue weighted by molar-refractivity contribution is 0.0735. The molecule has 1 aliphatic heterocycles. The highest BCUT2D eigenvalue weighted by Gasteiger charge is 2.19. The van der Waals surface area contributed by atoms with E-state index in [0.29, 0.717) is 24.3 Å². The number of carbonyl (C=O) groups excluding carboxylic acids is 2. The summed E-state index contributed by atoms with van der Waals surface area (Å²) in [6, 6.07) is 8.61. The molecule has 3 rings (SSSR count). The molecule has 1 fully saturated rings. The standard InChI is InChI=1S/C17H19N3O3/c1-12-4-5-13(17(22)20-8-6-18-7-9-20)11-14(12)19-16(21)15-3-2-10-23-15/h2-5,10-11,18H,6-9H2,1H3,(H,19,21). The molecule has 120 valence electrons. The molecule has 2 N–H and O–H groups in total. The van der Waals surface area contributed by atoms with Crippen LogP contribution in [0.15, 0.2) is 41.0 Å². The Bertz CT molecular complexity index is 704. The van der Waals surface area contributed by atoms with E-state index in [1.807, 2.05) is 17.9 Å². The Morgan fingerprint density at radius 1 is 1.22 bits per heavy atom. The predicted octanol–water partition coefficient (Wildman–Crippen LogP) is 1.89. The number of nitrogens with one attached hydrogen (secondary N) is 2. The van der Waals surface area contributed by atoms with Crippen LogP contribution in [-0.4, -0.2) is 42.9 Å². The van der Waals surface area contributed by atoms with Crippen molar-refractivity contribution in [2.24, 2.45) is 0 Å². The highest BCUT2D eigenvalue weighted by molar-refractivity contribution is 6.03. The monoisotopic (exact) mass is 313 g/mol. The van der Waals surface area contributed by atoms with Crippen LogP contribution in [-0.2, 0) is 0 Å². The van der Waals surface area contributed by atoms with Crippen LogP contribution < -0.4 is 10.6 Å². The molecule has 0 unspecified atom stereocenters. The number of piperazine rings is 1. The van der Waals surface area contributed by atoms with Crippen molar-refractivity contribution in [1.29, 1.82) is 0 Å². The van der Waals surface area contributed by atoms with E-state index in [-0.39, 0.29) is 17.6 Å². The van der Waals surface area contributed by atoms with Crippen molar-refractivity contribution in [1.82, 2.24) is 10.2 Å². The molecule has 0 aliphatic carbocycles. The first kappa shape index (κ1) is 15.3. The Labute approximate surface area is 134 Å². The summed E-state index contributed by atoms with van der Waals surface area (Å²) in [5.74, 6) is -0.104. The number of furan rings is 1. The largest absolute Gasteiger partial charge is 0.459 e. The van der Waals surface area contributed by atoms with E-state index in [9.17, 15) is 9.59 Å². The zero-order valence-corrected chi connectivity index (χ0v) is 13.0. The molecule has 0 bridgehead atoms. The van der Waals surface area contributed by atoms with Crippen LogP contribution in [0.3, 0.4) is 0 Å². The maximum absolute atomic E-state index is 12.5. The molecule has 1 aliphatic rings. The fourth-order valence-electron chi connectivity index (χ4n) is 2.53. The summed E-state index contributed by atoms with van der Waals surface area (Å²) in [7, 11) is 0. The zero-order chi connectivity index (χ0) is 16.2. The van der Waals surface area contributed by atoms with Gasteiger partial charge in [0.25, 0.3) is 11.8 Å². The van der Waals surface area contributed by atoms with Crippen molar-refractivity contribution in [3.05, 3.63) is 53.5 Å². The summed E-state index contributed by atoms with van der Waals surface area (Å²) in [5, 5.41) is 6.02. The topological polar surface area (TPSA) is 74.6 Å². The second-order valence-corrected chi connectivity index (χ2v) is 5.50. The maximum Gasteiger partial charge on any atom is 0.291 e. The molecule has 2 amide bonds. The Morgan fingerprint density at radius 2 is 2.00 bits per heavy atom. The van der Waals surface area contributed by atoms with E-state index in [1.54, 1.807) is 24.3 Å². The first-order valence-corrected chi connectivity index (χ1v) is 7.60. The Balaban J connectivity index is 1.78. The number of amides is 2. The second kappa shape index (κ2) is 6.66. The van der Waals surface area contributed by atoms with E-state index >= 15 is 0 Å². The molecule has 0 atom stereocenters. The normalized spacial score (nSPS) is 14.6. The van der Waals surface area contributed by atoms with Crippen molar-refractivity contribution >= 4 is 17.5 Å². The van der Waals surface area contributed by atoms with Crippen molar-refractivity contribution in [2.45, 2.75) is 6.92 Å². The van der Waals surface area contributed by atoms with Gasteiger partial charge in [0.2, 0.25) is 0 Å². The summed E-state index contributed by atoms with van der Waals surface area (Å²) in [6.45, 7) is 4.89. The van der Waals surface area contributed by atoms with E-state index < -0.39 is 0 Å². The molecule has 2 heterocycles. The van der Waals surface area contributed by atoms with Crippen LogP contribution in [0.1, 0.15) is 26.5 Å². The molecule has 1 aromatic heterocycles. The second-order valence-electron chi connectivity index (χ2n) is 5.50. The molecule has 1 aromatic carbocycles. The van der Waals surface area contributed by atoms with E-state index in [2.05, 4.69) is 10.6 Å². The minimum Gasteiger partial charge on any atom is -0.459 e. The van der Waals surface area contributed by atoms with Crippen LogP contribution in [0.2, 0.25) is 0 Å². The van der Waals surface area contributed by atoms with Gasteiger partial charge < -0.3 is 20.0 Å². The van der Waals surface area contributed by atoms with E-state index in [0.717, 1.165) is 18.7 Å². The molecule has 6 heteroatoms. The van der Waals surface area contributed by atoms with Crippen molar-refractivity contribution in [3.8, 4) is 0 Å². The van der Waals surface area contributed by atoms with Gasteiger partial charge in [-0.1, -0.05) is 6.07 Å². The number of carbonyl (C=O) groups is 2. The third-order valence-corrected chi connectivity index (χ3v) is 3.88. The third kappa shape index (κ3) is 3.43. The molecular weight excluding hydrogens is 294 g/mol. The van der Waals surface area contributed by atoms with Crippen LogP contribution in [0, 0.1) is 6.92 Å². The van der Waals surface area contributed by atoms with Crippen molar-refractivity contribution in [3.63, 3.8) is 0 Å². The Hall–Kier alpha value is -2.60. The lowest BCUT2D eigenvalue weighted by Gasteiger charge is -2.27.